The number of imidazole rings is 2. The van der Waals surface area contributed by atoms with Crippen LogP contribution in [-0.4, -0.2) is 57.5 Å². The first-order valence-electron chi connectivity index (χ1n) is 7.66. The third-order valence-electron chi connectivity index (χ3n) is 3.11. The Morgan fingerprint density at radius 1 is 1.00 bits per heavy atom. The number of aliphatic imine (C=N–C) groups is 1. The molecule has 0 unspecified atom stereocenters. The van der Waals surface area contributed by atoms with Crippen molar-refractivity contribution >= 4 is 61.3 Å². The SMILES string of the molecule is CN=C(NCCSCc1nc[nH]c1Br)NCCSCc1nc[nH]c1Br. The number of aromatic amines is 2. The van der Waals surface area contributed by atoms with Gasteiger partial charge in [0.2, 0.25) is 0 Å². The molecule has 4 N–H and O–H groups in total. The van der Waals surface area contributed by atoms with Gasteiger partial charge in [0.15, 0.2) is 5.96 Å². The van der Waals surface area contributed by atoms with Crippen LogP contribution in [0.2, 0.25) is 0 Å². The molecular weight excluding hydrogens is 490 g/mol. The van der Waals surface area contributed by atoms with Crippen LogP contribution in [0.1, 0.15) is 11.4 Å². The monoisotopic (exact) mass is 509 g/mol. The van der Waals surface area contributed by atoms with Crippen molar-refractivity contribution < 1.29 is 0 Å². The van der Waals surface area contributed by atoms with Gasteiger partial charge in [0.05, 0.1) is 24.0 Å². The maximum atomic E-state index is 4.26. The van der Waals surface area contributed by atoms with Gasteiger partial charge in [0, 0.05) is 43.1 Å². The van der Waals surface area contributed by atoms with Gasteiger partial charge in [-0.25, -0.2) is 9.97 Å². The minimum Gasteiger partial charge on any atom is -0.356 e. The number of H-pyrrole nitrogens is 2. The highest BCUT2D eigenvalue weighted by atomic mass is 79.9. The number of nitrogens with one attached hydrogen (secondary N) is 4. The fraction of sp³-hybridized carbons (Fsp3) is 0.500. The van der Waals surface area contributed by atoms with Crippen LogP contribution in [-0.2, 0) is 11.5 Å². The van der Waals surface area contributed by atoms with Crippen molar-refractivity contribution in [2.75, 3.05) is 31.6 Å². The number of rotatable bonds is 10. The molecule has 0 saturated heterocycles. The summed E-state index contributed by atoms with van der Waals surface area (Å²) in [5.74, 6) is 4.58. The van der Waals surface area contributed by atoms with Gasteiger partial charge in [-0.15, -0.1) is 0 Å². The predicted molar refractivity (Wildman–Crippen MR) is 114 cm³/mol. The first kappa shape index (κ1) is 20.7. The second-order valence-electron chi connectivity index (χ2n) is 4.86. The van der Waals surface area contributed by atoms with Gasteiger partial charge in [-0.3, -0.25) is 4.99 Å². The van der Waals surface area contributed by atoms with E-state index in [0.717, 1.165) is 62.7 Å². The van der Waals surface area contributed by atoms with Crippen molar-refractivity contribution in [3.8, 4) is 0 Å². The number of nitrogens with zero attached hydrogens (tertiary/aromatic N) is 3. The molecule has 0 bridgehead atoms. The fourth-order valence-corrected chi connectivity index (χ4v) is 4.52. The van der Waals surface area contributed by atoms with E-state index in [1.165, 1.54) is 0 Å². The van der Waals surface area contributed by atoms with Crippen molar-refractivity contribution in [3.05, 3.63) is 33.2 Å². The molecule has 0 aliphatic heterocycles. The third kappa shape index (κ3) is 7.63. The zero-order valence-electron chi connectivity index (χ0n) is 13.8. The van der Waals surface area contributed by atoms with E-state index >= 15 is 0 Å². The Bertz CT molecular complexity index is 607. The van der Waals surface area contributed by atoms with Gasteiger partial charge in [0.25, 0.3) is 0 Å². The standard InChI is InChI=1S/C14H21Br2N7S2/c1-17-14(18-2-4-24-6-10-12(15)22-8-20-10)19-3-5-25-7-11-13(16)23-9-21-11/h8-9H,2-7H2,1H3,(H,20,22)(H,21,23)(H2,17,18,19). The zero-order valence-corrected chi connectivity index (χ0v) is 18.6. The van der Waals surface area contributed by atoms with Crippen LogP contribution in [0.5, 0.6) is 0 Å². The van der Waals surface area contributed by atoms with Crippen LogP contribution in [0, 0.1) is 0 Å². The van der Waals surface area contributed by atoms with Crippen LogP contribution < -0.4 is 10.6 Å². The summed E-state index contributed by atoms with van der Waals surface area (Å²) in [6.45, 7) is 1.72. The second kappa shape index (κ2) is 11.9. The summed E-state index contributed by atoms with van der Waals surface area (Å²) in [6.07, 6.45) is 3.40. The van der Waals surface area contributed by atoms with Crippen LogP contribution in [0.25, 0.3) is 0 Å². The van der Waals surface area contributed by atoms with E-state index in [9.17, 15) is 0 Å². The molecule has 0 spiro atoms. The van der Waals surface area contributed by atoms with Gasteiger partial charge in [-0.05, 0) is 31.9 Å². The normalized spacial score (nSPS) is 10.7. The van der Waals surface area contributed by atoms with E-state index in [2.05, 4.69) is 67.4 Å². The summed E-state index contributed by atoms with van der Waals surface area (Å²) in [7, 11) is 1.79. The summed E-state index contributed by atoms with van der Waals surface area (Å²) >= 11 is 10.5. The van der Waals surface area contributed by atoms with E-state index in [0.29, 0.717) is 0 Å². The van der Waals surface area contributed by atoms with E-state index in [1.54, 1.807) is 19.7 Å². The summed E-state index contributed by atoms with van der Waals surface area (Å²) < 4.78 is 1.93. The first-order valence-corrected chi connectivity index (χ1v) is 11.6. The fourth-order valence-electron chi connectivity index (χ4n) is 1.86. The number of thioether (sulfide) groups is 2. The van der Waals surface area contributed by atoms with E-state index in [1.807, 2.05) is 23.5 Å². The average Bonchev–Trinajstić information content (AvgIpc) is 3.21. The topological polar surface area (TPSA) is 93.8 Å². The summed E-state index contributed by atoms with van der Waals surface area (Å²) in [6, 6.07) is 0. The zero-order chi connectivity index (χ0) is 17.9. The second-order valence-corrected chi connectivity index (χ2v) is 8.65. The molecular formula is C14H21Br2N7S2. The minimum absolute atomic E-state index is 0.836. The molecule has 2 rings (SSSR count). The largest absolute Gasteiger partial charge is 0.356 e. The van der Waals surface area contributed by atoms with Gasteiger partial charge < -0.3 is 20.6 Å². The molecule has 0 atom stereocenters. The van der Waals surface area contributed by atoms with Crippen LogP contribution in [0.4, 0.5) is 0 Å². The van der Waals surface area contributed by atoms with Crippen LogP contribution >= 0.6 is 55.4 Å². The quantitative estimate of drug-likeness (QED) is 0.223. The Morgan fingerprint density at radius 2 is 1.48 bits per heavy atom. The highest BCUT2D eigenvalue weighted by Gasteiger charge is 2.04. The highest BCUT2D eigenvalue weighted by molar-refractivity contribution is 9.10. The van der Waals surface area contributed by atoms with Crippen molar-refractivity contribution in [1.82, 2.24) is 30.6 Å². The van der Waals surface area contributed by atoms with Crippen molar-refractivity contribution in [2.24, 2.45) is 4.99 Å². The molecule has 2 heterocycles. The Morgan fingerprint density at radius 3 is 1.84 bits per heavy atom. The number of hydrogen-bond acceptors (Lipinski definition) is 5. The number of halogens is 2. The van der Waals surface area contributed by atoms with Crippen LogP contribution in [0.15, 0.2) is 26.9 Å². The first-order chi connectivity index (χ1) is 12.2. The van der Waals surface area contributed by atoms with Gasteiger partial charge in [-0.2, -0.15) is 23.5 Å². The number of aromatic nitrogens is 4. The van der Waals surface area contributed by atoms with E-state index in [-0.39, 0.29) is 0 Å². The predicted octanol–water partition coefficient (Wildman–Crippen LogP) is 2.99. The van der Waals surface area contributed by atoms with Gasteiger partial charge in [0.1, 0.15) is 9.21 Å². The number of guanidine groups is 1. The van der Waals surface area contributed by atoms with Gasteiger partial charge >= 0.3 is 0 Å². The molecule has 0 saturated carbocycles. The van der Waals surface area contributed by atoms with Crippen LogP contribution in [0.3, 0.4) is 0 Å². The molecule has 138 valence electrons. The lowest BCUT2D eigenvalue weighted by atomic mass is 10.6. The Hall–Kier alpha value is -0.650. The van der Waals surface area contributed by atoms with E-state index < -0.39 is 0 Å². The van der Waals surface area contributed by atoms with Crippen molar-refractivity contribution in [1.29, 1.82) is 0 Å². The van der Waals surface area contributed by atoms with Crippen molar-refractivity contribution in [3.63, 3.8) is 0 Å². The Kier molecular flexibility index (Phi) is 9.81. The molecule has 0 aromatic carbocycles. The summed E-state index contributed by atoms with van der Waals surface area (Å²) in [5.41, 5.74) is 2.10. The minimum atomic E-state index is 0.836. The lowest BCUT2D eigenvalue weighted by molar-refractivity contribution is 0.863. The molecule has 0 radical (unpaired) electrons. The highest BCUT2D eigenvalue weighted by Crippen LogP contribution is 2.17. The molecule has 11 heteroatoms. The van der Waals surface area contributed by atoms with Crippen molar-refractivity contribution in [2.45, 2.75) is 11.5 Å². The molecule has 2 aromatic heterocycles. The lowest BCUT2D eigenvalue weighted by Crippen LogP contribution is -2.39. The Labute approximate surface area is 172 Å². The molecule has 7 nitrogen and oxygen atoms in total. The summed E-state index contributed by atoms with van der Waals surface area (Å²) in [4.78, 5) is 18.8. The molecule has 0 amide bonds. The summed E-state index contributed by atoms with van der Waals surface area (Å²) in [5, 5.41) is 6.64. The molecule has 0 aliphatic carbocycles. The molecule has 0 fully saturated rings. The average molecular weight is 511 g/mol. The Balaban J connectivity index is 1.50. The third-order valence-corrected chi connectivity index (χ3v) is 6.42. The van der Waals surface area contributed by atoms with Gasteiger partial charge in [-0.1, -0.05) is 0 Å². The molecule has 0 aliphatic rings. The van der Waals surface area contributed by atoms with E-state index in [4.69, 9.17) is 0 Å². The smallest absolute Gasteiger partial charge is 0.191 e. The maximum Gasteiger partial charge on any atom is 0.191 e. The molecule has 2 aromatic rings. The lowest BCUT2D eigenvalue weighted by Gasteiger charge is -2.11. The molecule has 25 heavy (non-hydrogen) atoms. The number of hydrogen-bond donors (Lipinski definition) is 4. The maximum absolute atomic E-state index is 4.26.